The molecule has 1 fully saturated rings. The molecule has 4 aromatic rings. The van der Waals surface area contributed by atoms with E-state index >= 15 is 0 Å². The summed E-state index contributed by atoms with van der Waals surface area (Å²) in [7, 11) is 2.95. The van der Waals surface area contributed by atoms with Gasteiger partial charge in [-0.05, 0) is 49.6 Å². The Morgan fingerprint density at radius 1 is 1.06 bits per heavy atom. The number of aliphatic hydroxyl groups is 1. The predicted molar refractivity (Wildman–Crippen MR) is 119 cm³/mol. The van der Waals surface area contributed by atoms with Gasteiger partial charge in [0.15, 0.2) is 0 Å². The lowest BCUT2D eigenvalue weighted by Gasteiger charge is -2.25. The Morgan fingerprint density at radius 2 is 1.82 bits per heavy atom. The zero-order valence-electron chi connectivity index (χ0n) is 18.0. The number of aliphatic hydroxyl groups excluding tert-OH is 1. The Kier molecular flexibility index (Phi) is 4.98. The van der Waals surface area contributed by atoms with Crippen molar-refractivity contribution in [3.63, 3.8) is 0 Å². The molecule has 1 saturated carbocycles. The fourth-order valence-electron chi connectivity index (χ4n) is 4.12. The number of ether oxygens (including phenoxy) is 2. The maximum atomic E-state index is 13.7. The Hall–Kier alpha value is -2.98. The maximum absolute atomic E-state index is 13.7. The summed E-state index contributed by atoms with van der Waals surface area (Å²) in [6, 6.07) is 6.95. The van der Waals surface area contributed by atoms with Gasteiger partial charge in [-0.25, -0.2) is 15.0 Å². The van der Waals surface area contributed by atoms with Gasteiger partial charge < -0.3 is 14.6 Å². The second-order valence-electron chi connectivity index (χ2n) is 8.23. The molecule has 33 heavy (non-hydrogen) atoms. The molecule has 0 spiro atoms. The highest BCUT2D eigenvalue weighted by Crippen LogP contribution is 2.65. The monoisotopic (exact) mass is 475 g/mol. The number of alkyl halides is 3. The molecule has 0 radical (unpaired) electrons. The van der Waals surface area contributed by atoms with Crippen molar-refractivity contribution in [3.05, 3.63) is 41.6 Å². The topological polar surface area (TPSA) is 77.4 Å². The molecule has 1 aliphatic carbocycles. The number of benzene rings is 2. The second kappa shape index (κ2) is 7.53. The third-order valence-electron chi connectivity index (χ3n) is 6.11. The van der Waals surface area contributed by atoms with E-state index in [9.17, 15) is 18.3 Å². The molecular weight excluding hydrogens is 455 g/mol. The number of hydrogen-bond donors (Lipinski definition) is 1. The van der Waals surface area contributed by atoms with Crippen molar-refractivity contribution < 1.29 is 27.8 Å². The summed E-state index contributed by atoms with van der Waals surface area (Å²) >= 11 is 1.30. The molecule has 0 bridgehead atoms. The van der Waals surface area contributed by atoms with Gasteiger partial charge in [0.05, 0.1) is 53.2 Å². The van der Waals surface area contributed by atoms with E-state index in [1.165, 1.54) is 37.8 Å². The number of hydrogen-bond acceptors (Lipinski definition) is 7. The molecule has 0 aliphatic heterocycles. The van der Waals surface area contributed by atoms with E-state index in [0.717, 1.165) is 5.56 Å². The quantitative estimate of drug-likeness (QED) is 0.404. The molecule has 1 atom stereocenters. The number of nitrogens with zero attached hydrogens (tertiary/aromatic N) is 3. The second-order valence-corrected chi connectivity index (χ2v) is 9.26. The van der Waals surface area contributed by atoms with Crippen LogP contribution in [0.4, 0.5) is 13.2 Å². The lowest BCUT2D eigenvalue weighted by molar-refractivity contribution is -0.215. The van der Waals surface area contributed by atoms with Gasteiger partial charge in [0, 0.05) is 11.1 Å². The van der Waals surface area contributed by atoms with Crippen LogP contribution in [0, 0.1) is 12.3 Å². The molecule has 0 saturated heterocycles. The minimum atomic E-state index is -4.51. The molecule has 0 amide bonds. The average molecular weight is 475 g/mol. The standard InChI is InChI=1S/C23H20F3N3O3S/c1-11-6-14(18-15(7-11)28-17(32-3)10-27-18)21-29-19-13(8-12(31-2)9-16(19)33-21)20(30)22(4-5-22)23(24,25)26/h6-10,20,30H,4-5H2,1-3H3. The van der Waals surface area contributed by atoms with Gasteiger partial charge in [-0.15, -0.1) is 11.3 Å². The van der Waals surface area contributed by atoms with Gasteiger partial charge in [-0.1, -0.05) is 0 Å². The molecule has 1 aliphatic rings. The number of aryl methyl sites for hydroxylation is 1. The van der Waals surface area contributed by atoms with Crippen LogP contribution in [0.15, 0.2) is 30.5 Å². The van der Waals surface area contributed by atoms with Crippen molar-refractivity contribution in [2.75, 3.05) is 14.2 Å². The molecule has 172 valence electrons. The number of rotatable bonds is 5. The van der Waals surface area contributed by atoms with Crippen molar-refractivity contribution >= 4 is 32.6 Å². The normalized spacial score (nSPS) is 16.2. The Morgan fingerprint density at radius 3 is 2.45 bits per heavy atom. The first kappa shape index (κ1) is 21.8. The molecule has 6 nitrogen and oxygen atoms in total. The summed E-state index contributed by atoms with van der Waals surface area (Å²) < 4.78 is 52.3. The van der Waals surface area contributed by atoms with Crippen LogP contribution in [0.25, 0.3) is 31.8 Å². The molecule has 10 heteroatoms. The minimum Gasteiger partial charge on any atom is -0.497 e. The Balaban J connectivity index is 1.71. The molecular formula is C23H20F3N3O3S. The molecule has 2 heterocycles. The lowest BCUT2D eigenvalue weighted by atomic mass is 9.91. The summed E-state index contributed by atoms with van der Waals surface area (Å²) in [5.41, 5.74) is 1.15. The van der Waals surface area contributed by atoms with Crippen LogP contribution in [0.5, 0.6) is 11.6 Å². The first-order valence-electron chi connectivity index (χ1n) is 10.2. The van der Waals surface area contributed by atoms with Gasteiger partial charge in [0.25, 0.3) is 0 Å². The van der Waals surface area contributed by atoms with E-state index in [-0.39, 0.29) is 18.4 Å². The molecule has 1 N–H and O–H groups in total. The number of methoxy groups -OCH3 is 2. The van der Waals surface area contributed by atoms with Crippen LogP contribution in [-0.4, -0.2) is 40.5 Å². The highest BCUT2D eigenvalue weighted by molar-refractivity contribution is 7.21. The fraction of sp³-hybridized carbons (Fsp3) is 0.348. The van der Waals surface area contributed by atoms with E-state index in [4.69, 9.17) is 9.47 Å². The van der Waals surface area contributed by atoms with E-state index < -0.39 is 17.7 Å². The lowest BCUT2D eigenvalue weighted by Crippen LogP contribution is -2.31. The number of fused-ring (bicyclic) bond motifs is 2. The summed E-state index contributed by atoms with van der Waals surface area (Å²) in [5, 5.41) is 11.4. The van der Waals surface area contributed by atoms with Crippen LogP contribution < -0.4 is 9.47 Å². The Bertz CT molecular complexity index is 1380. The third kappa shape index (κ3) is 3.48. The third-order valence-corrected chi connectivity index (χ3v) is 7.15. The van der Waals surface area contributed by atoms with Crippen LogP contribution in [0.2, 0.25) is 0 Å². The van der Waals surface area contributed by atoms with Gasteiger partial charge in [-0.2, -0.15) is 13.2 Å². The summed E-state index contributed by atoms with van der Waals surface area (Å²) in [6.45, 7) is 1.91. The molecule has 2 aromatic carbocycles. The van der Waals surface area contributed by atoms with Crippen molar-refractivity contribution in [1.82, 2.24) is 15.0 Å². The summed E-state index contributed by atoms with van der Waals surface area (Å²) in [4.78, 5) is 13.6. The van der Waals surface area contributed by atoms with Crippen LogP contribution in [-0.2, 0) is 0 Å². The maximum Gasteiger partial charge on any atom is 0.397 e. The van der Waals surface area contributed by atoms with Crippen molar-refractivity contribution in [3.8, 4) is 22.2 Å². The summed E-state index contributed by atoms with van der Waals surface area (Å²) in [6.07, 6.45) is -4.97. The average Bonchev–Trinajstić information content (AvgIpc) is 3.50. The highest BCUT2D eigenvalue weighted by atomic mass is 32.1. The van der Waals surface area contributed by atoms with Crippen LogP contribution in [0.3, 0.4) is 0 Å². The van der Waals surface area contributed by atoms with Crippen LogP contribution >= 0.6 is 11.3 Å². The van der Waals surface area contributed by atoms with E-state index in [1.807, 2.05) is 19.1 Å². The van der Waals surface area contributed by atoms with E-state index in [2.05, 4.69) is 15.0 Å². The van der Waals surface area contributed by atoms with Crippen molar-refractivity contribution in [1.29, 1.82) is 0 Å². The van der Waals surface area contributed by atoms with Gasteiger partial charge in [0.2, 0.25) is 5.88 Å². The highest BCUT2D eigenvalue weighted by Gasteiger charge is 2.67. The largest absolute Gasteiger partial charge is 0.497 e. The van der Waals surface area contributed by atoms with E-state index in [0.29, 0.717) is 43.5 Å². The number of aromatic nitrogens is 3. The number of halogens is 3. The molecule has 2 aromatic heterocycles. The summed E-state index contributed by atoms with van der Waals surface area (Å²) in [5.74, 6) is 0.740. The fourth-order valence-corrected chi connectivity index (χ4v) is 5.17. The zero-order chi connectivity index (χ0) is 23.5. The van der Waals surface area contributed by atoms with Gasteiger partial charge in [-0.3, -0.25) is 0 Å². The minimum absolute atomic E-state index is 0.117. The first-order valence-corrected chi connectivity index (χ1v) is 11.0. The van der Waals surface area contributed by atoms with Crippen LogP contribution in [0.1, 0.15) is 30.1 Å². The van der Waals surface area contributed by atoms with Gasteiger partial charge >= 0.3 is 6.18 Å². The van der Waals surface area contributed by atoms with E-state index in [1.54, 1.807) is 6.07 Å². The zero-order valence-corrected chi connectivity index (χ0v) is 18.8. The van der Waals surface area contributed by atoms with Crippen molar-refractivity contribution in [2.45, 2.75) is 32.0 Å². The van der Waals surface area contributed by atoms with Crippen molar-refractivity contribution in [2.24, 2.45) is 5.41 Å². The molecule has 5 rings (SSSR count). The first-order chi connectivity index (χ1) is 15.7. The Labute approximate surface area is 191 Å². The number of thiazole rings is 1. The smallest absolute Gasteiger partial charge is 0.397 e. The SMILES string of the molecule is COc1cc(C(O)C2(C(F)(F)F)CC2)c2nc(-c3cc(C)cc4nc(OC)cnc34)sc2c1. The van der Waals surface area contributed by atoms with Gasteiger partial charge in [0.1, 0.15) is 10.8 Å². The molecule has 1 unspecified atom stereocenters. The predicted octanol–water partition coefficient (Wildman–Crippen LogP) is 5.61.